The molecule has 3 aromatic rings. The van der Waals surface area contributed by atoms with Crippen LogP contribution in [-0.4, -0.2) is 21.1 Å². The van der Waals surface area contributed by atoms with E-state index in [9.17, 15) is 15.0 Å². The number of benzene rings is 2. The normalized spacial score (nSPS) is 12.2. The molecule has 1 aromatic heterocycles. The highest BCUT2D eigenvalue weighted by Gasteiger charge is 2.15. The lowest BCUT2D eigenvalue weighted by Gasteiger charge is -2.13. The van der Waals surface area contributed by atoms with Crippen LogP contribution in [0, 0.1) is 5.92 Å². The average Bonchev–Trinajstić information content (AvgIpc) is 2.98. The van der Waals surface area contributed by atoms with E-state index >= 15 is 0 Å². The fraction of sp³-hybridized carbons (Fsp3) is 0.176. The van der Waals surface area contributed by atoms with Gasteiger partial charge in [-0.05, 0) is 42.3 Å². The maximum absolute atomic E-state index is 12.3. The van der Waals surface area contributed by atoms with Gasteiger partial charge in [0.1, 0.15) is 0 Å². The van der Waals surface area contributed by atoms with Crippen molar-refractivity contribution in [2.24, 2.45) is 5.92 Å². The van der Waals surface area contributed by atoms with E-state index in [1.54, 1.807) is 22.9 Å². The minimum absolute atomic E-state index is 0.104. The van der Waals surface area contributed by atoms with Crippen LogP contribution >= 0.6 is 11.3 Å². The lowest BCUT2D eigenvalue weighted by atomic mass is 10.00. The van der Waals surface area contributed by atoms with Gasteiger partial charge in [-0.1, -0.05) is 13.0 Å². The largest absolute Gasteiger partial charge is 0.504 e. The summed E-state index contributed by atoms with van der Waals surface area (Å²) >= 11 is 1.56. The van der Waals surface area contributed by atoms with Gasteiger partial charge in [0.15, 0.2) is 11.5 Å². The van der Waals surface area contributed by atoms with Crippen molar-refractivity contribution in [2.75, 3.05) is 5.32 Å². The molecule has 0 aliphatic heterocycles. The van der Waals surface area contributed by atoms with Gasteiger partial charge < -0.3 is 15.5 Å². The van der Waals surface area contributed by atoms with E-state index < -0.39 is 0 Å². The molecule has 0 bridgehead atoms. The molecule has 0 spiro atoms. The van der Waals surface area contributed by atoms with Gasteiger partial charge in [-0.25, -0.2) is 4.98 Å². The van der Waals surface area contributed by atoms with Crippen molar-refractivity contribution in [2.45, 2.75) is 13.3 Å². The molecule has 0 aliphatic carbocycles. The van der Waals surface area contributed by atoms with Crippen LogP contribution in [0.3, 0.4) is 0 Å². The second kappa shape index (κ2) is 6.26. The first-order chi connectivity index (χ1) is 11.0. The monoisotopic (exact) mass is 328 g/mol. The summed E-state index contributed by atoms with van der Waals surface area (Å²) < 4.78 is 1.08. The predicted octanol–water partition coefficient (Wildman–Crippen LogP) is 3.52. The van der Waals surface area contributed by atoms with Gasteiger partial charge in [0.25, 0.3) is 0 Å². The standard InChI is InChI=1S/C17H16N2O3S/c1-10(6-11-2-4-14(20)15(21)7-11)17(22)19-12-3-5-16-13(8-12)18-9-23-16/h2-5,7-10,20-21H,6H2,1H3,(H,19,22). The second-order valence-electron chi connectivity index (χ2n) is 5.45. The molecular weight excluding hydrogens is 312 g/mol. The van der Waals surface area contributed by atoms with Gasteiger partial charge in [0.05, 0.1) is 15.7 Å². The molecule has 6 heteroatoms. The van der Waals surface area contributed by atoms with Crippen LogP contribution in [0.4, 0.5) is 5.69 Å². The molecule has 5 nitrogen and oxygen atoms in total. The highest BCUT2D eigenvalue weighted by atomic mass is 32.1. The number of phenols is 2. The number of fused-ring (bicyclic) bond motifs is 1. The number of thiazole rings is 1. The van der Waals surface area contributed by atoms with Gasteiger partial charge in [-0.3, -0.25) is 4.79 Å². The molecule has 0 saturated carbocycles. The van der Waals surface area contributed by atoms with Crippen molar-refractivity contribution >= 4 is 33.1 Å². The Morgan fingerprint density at radius 2 is 2.04 bits per heavy atom. The van der Waals surface area contributed by atoms with Crippen LogP contribution in [0.1, 0.15) is 12.5 Å². The molecule has 3 N–H and O–H groups in total. The number of rotatable bonds is 4. The fourth-order valence-electron chi connectivity index (χ4n) is 2.34. The summed E-state index contributed by atoms with van der Waals surface area (Å²) in [4.78, 5) is 16.5. The minimum Gasteiger partial charge on any atom is -0.504 e. The number of phenolic OH excluding ortho intramolecular Hbond substituents is 2. The zero-order valence-electron chi connectivity index (χ0n) is 12.5. The first kappa shape index (κ1) is 15.3. The molecule has 1 amide bonds. The summed E-state index contributed by atoms with van der Waals surface area (Å²) in [5.74, 6) is -0.719. The third-order valence-electron chi connectivity index (χ3n) is 3.63. The number of carbonyl (C=O) groups is 1. The topological polar surface area (TPSA) is 82.5 Å². The van der Waals surface area contributed by atoms with Crippen LogP contribution in [0.15, 0.2) is 41.9 Å². The van der Waals surface area contributed by atoms with Crippen molar-refractivity contribution in [3.8, 4) is 11.5 Å². The molecule has 0 fully saturated rings. The Balaban J connectivity index is 1.67. The quantitative estimate of drug-likeness (QED) is 0.640. The van der Waals surface area contributed by atoms with E-state index in [4.69, 9.17) is 0 Å². The minimum atomic E-state index is -0.273. The Morgan fingerprint density at radius 1 is 1.22 bits per heavy atom. The first-order valence-electron chi connectivity index (χ1n) is 7.18. The molecule has 1 unspecified atom stereocenters. The van der Waals surface area contributed by atoms with Crippen molar-refractivity contribution in [3.05, 3.63) is 47.5 Å². The number of aromatic hydroxyl groups is 2. The zero-order chi connectivity index (χ0) is 16.4. The smallest absolute Gasteiger partial charge is 0.227 e. The van der Waals surface area contributed by atoms with Crippen LogP contribution in [0.25, 0.3) is 10.2 Å². The number of hydrogen-bond acceptors (Lipinski definition) is 5. The summed E-state index contributed by atoms with van der Waals surface area (Å²) in [6, 6.07) is 10.2. The lowest BCUT2D eigenvalue weighted by molar-refractivity contribution is -0.119. The Hall–Kier alpha value is -2.60. The summed E-state index contributed by atoms with van der Waals surface area (Å²) in [7, 11) is 0. The summed E-state index contributed by atoms with van der Waals surface area (Å²) in [6.07, 6.45) is 0.471. The van der Waals surface area contributed by atoms with Crippen molar-refractivity contribution in [3.63, 3.8) is 0 Å². The summed E-state index contributed by atoms with van der Waals surface area (Å²) in [6.45, 7) is 1.82. The second-order valence-corrected chi connectivity index (χ2v) is 6.34. The van der Waals surface area contributed by atoms with Crippen LogP contribution in [0.5, 0.6) is 11.5 Å². The van der Waals surface area contributed by atoms with E-state index in [1.165, 1.54) is 12.1 Å². The Bertz CT molecular complexity index is 860. The number of amides is 1. The maximum atomic E-state index is 12.3. The van der Waals surface area contributed by atoms with E-state index in [2.05, 4.69) is 10.3 Å². The number of nitrogens with one attached hydrogen (secondary N) is 1. The number of hydrogen-bond donors (Lipinski definition) is 3. The van der Waals surface area contributed by atoms with Gasteiger partial charge >= 0.3 is 0 Å². The summed E-state index contributed by atoms with van der Waals surface area (Å²) in [5, 5.41) is 21.7. The number of nitrogens with zero attached hydrogens (tertiary/aromatic N) is 1. The number of aromatic nitrogens is 1. The maximum Gasteiger partial charge on any atom is 0.227 e. The SMILES string of the molecule is CC(Cc1ccc(O)c(O)c1)C(=O)Nc1ccc2scnc2c1. The molecule has 0 radical (unpaired) electrons. The zero-order valence-corrected chi connectivity index (χ0v) is 13.3. The third-order valence-corrected chi connectivity index (χ3v) is 4.44. The number of anilines is 1. The summed E-state index contributed by atoms with van der Waals surface area (Å²) in [5.41, 5.74) is 4.14. The highest BCUT2D eigenvalue weighted by molar-refractivity contribution is 7.16. The van der Waals surface area contributed by atoms with E-state index in [0.717, 1.165) is 15.8 Å². The molecule has 2 aromatic carbocycles. The first-order valence-corrected chi connectivity index (χ1v) is 8.06. The number of carbonyl (C=O) groups excluding carboxylic acids is 1. The van der Waals surface area contributed by atoms with Gasteiger partial charge in [0.2, 0.25) is 5.91 Å². The van der Waals surface area contributed by atoms with Crippen molar-refractivity contribution < 1.29 is 15.0 Å². The Labute approximate surface area is 137 Å². The molecule has 0 aliphatic rings. The molecule has 1 heterocycles. The van der Waals surface area contributed by atoms with Gasteiger partial charge in [-0.15, -0.1) is 11.3 Å². The van der Waals surface area contributed by atoms with Crippen LogP contribution < -0.4 is 5.32 Å². The predicted molar refractivity (Wildman–Crippen MR) is 90.9 cm³/mol. The van der Waals surface area contributed by atoms with Gasteiger partial charge in [0, 0.05) is 11.6 Å². The van der Waals surface area contributed by atoms with Crippen LogP contribution in [-0.2, 0) is 11.2 Å². The Kier molecular flexibility index (Phi) is 4.16. The van der Waals surface area contributed by atoms with Crippen LogP contribution in [0.2, 0.25) is 0 Å². The molecular formula is C17H16N2O3S. The van der Waals surface area contributed by atoms with E-state index in [-0.39, 0.29) is 23.3 Å². The average molecular weight is 328 g/mol. The van der Waals surface area contributed by atoms with Crippen molar-refractivity contribution in [1.82, 2.24) is 4.98 Å². The van der Waals surface area contributed by atoms with Gasteiger partial charge in [-0.2, -0.15) is 0 Å². The highest BCUT2D eigenvalue weighted by Crippen LogP contribution is 2.26. The molecule has 23 heavy (non-hydrogen) atoms. The Morgan fingerprint density at radius 3 is 2.83 bits per heavy atom. The van der Waals surface area contributed by atoms with E-state index in [0.29, 0.717) is 12.1 Å². The van der Waals surface area contributed by atoms with E-state index in [1.807, 2.05) is 25.1 Å². The molecule has 1 atom stereocenters. The fourth-order valence-corrected chi connectivity index (χ4v) is 3.00. The third kappa shape index (κ3) is 3.43. The molecule has 3 rings (SSSR count). The van der Waals surface area contributed by atoms with Crippen molar-refractivity contribution in [1.29, 1.82) is 0 Å². The lowest BCUT2D eigenvalue weighted by Crippen LogP contribution is -2.22. The molecule has 118 valence electrons. The molecule has 0 saturated heterocycles.